The molecular weight excluding hydrogens is 204 g/mol. The molecule has 3 rings (SSSR count). The van der Waals surface area contributed by atoms with Crippen LogP contribution in [-0.2, 0) is 6.42 Å². The van der Waals surface area contributed by atoms with Crippen LogP contribution in [-0.4, -0.2) is 0 Å². The molecule has 0 radical (unpaired) electrons. The highest BCUT2D eigenvalue weighted by atomic mass is 35.5. The van der Waals surface area contributed by atoms with E-state index in [0.29, 0.717) is 0 Å². The fraction of sp³-hybridized carbons (Fsp3) is 0.143. The Balaban J connectivity index is 2.24. The Morgan fingerprint density at radius 3 is 2.40 bits per heavy atom. The second-order valence-electron chi connectivity index (χ2n) is 4.14. The predicted octanol–water partition coefficient (Wildman–Crippen LogP) is 4.22. The predicted molar refractivity (Wildman–Crippen MR) is 64.4 cm³/mol. The maximum absolute atomic E-state index is 6.00. The molecule has 2 aromatic rings. The second-order valence-corrected chi connectivity index (χ2v) is 4.58. The Kier molecular flexibility index (Phi) is 1.86. The molecule has 0 heterocycles. The summed E-state index contributed by atoms with van der Waals surface area (Å²) >= 11 is 6.00. The fourth-order valence-electron chi connectivity index (χ4n) is 2.31. The number of aryl methyl sites for hydroxylation is 1. The minimum absolute atomic E-state index is 0.832. The van der Waals surface area contributed by atoms with Crippen LogP contribution in [0.1, 0.15) is 16.7 Å². The van der Waals surface area contributed by atoms with Crippen molar-refractivity contribution in [2.24, 2.45) is 0 Å². The minimum Gasteiger partial charge on any atom is -0.0843 e. The Morgan fingerprint density at radius 2 is 1.60 bits per heavy atom. The summed E-state index contributed by atoms with van der Waals surface area (Å²) in [6.45, 7) is 2.14. The van der Waals surface area contributed by atoms with Crippen LogP contribution >= 0.6 is 11.6 Å². The van der Waals surface area contributed by atoms with Crippen LogP contribution in [0.2, 0.25) is 5.02 Å². The molecule has 0 nitrogen and oxygen atoms in total. The van der Waals surface area contributed by atoms with Gasteiger partial charge in [-0.2, -0.15) is 0 Å². The van der Waals surface area contributed by atoms with E-state index < -0.39 is 0 Å². The lowest BCUT2D eigenvalue weighted by molar-refractivity contribution is 1.25. The highest BCUT2D eigenvalue weighted by Gasteiger charge is 2.17. The first-order chi connectivity index (χ1) is 7.24. The molecular formula is C14H11Cl. The standard InChI is InChI=1S/C14H11Cl/c1-9-2-4-13-10(6-9)7-11-8-12(15)3-5-14(11)13/h2-6,8H,7H2,1H3. The molecule has 0 amide bonds. The molecule has 0 unspecified atom stereocenters. The zero-order chi connectivity index (χ0) is 10.4. The third-order valence-corrected chi connectivity index (χ3v) is 3.23. The summed E-state index contributed by atoms with van der Waals surface area (Å²) in [4.78, 5) is 0. The molecule has 0 saturated heterocycles. The Bertz CT molecular complexity index is 492. The van der Waals surface area contributed by atoms with Gasteiger partial charge in [0.2, 0.25) is 0 Å². The van der Waals surface area contributed by atoms with Gasteiger partial charge in [-0.25, -0.2) is 0 Å². The highest BCUT2D eigenvalue weighted by molar-refractivity contribution is 6.30. The van der Waals surface area contributed by atoms with E-state index in [4.69, 9.17) is 11.6 Å². The van der Waals surface area contributed by atoms with Gasteiger partial charge in [-0.3, -0.25) is 0 Å². The average molecular weight is 215 g/mol. The lowest BCUT2D eigenvalue weighted by atomic mass is 10.0. The number of halogens is 1. The topological polar surface area (TPSA) is 0 Å². The van der Waals surface area contributed by atoms with Crippen molar-refractivity contribution in [1.82, 2.24) is 0 Å². The third-order valence-electron chi connectivity index (χ3n) is 3.00. The molecule has 0 atom stereocenters. The molecule has 74 valence electrons. The maximum atomic E-state index is 6.00. The summed E-state index contributed by atoms with van der Waals surface area (Å²) in [5.74, 6) is 0. The summed E-state index contributed by atoms with van der Waals surface area (Å²) in [5.41, 5.74) is 6.81. The Labute approximate surface area is 94.5 Å². The molecule has 0 saturated carbocycles. The van der Waals surface area contributed by atoms with Crippen molar-refractivity contribution in [3.8, 4) is 11.1 Å². The molecule has 0 fully saturated rings. The van der Waals surface area contributed by atoms with Crippen LogP contribution in [0.5, 0.6) is 0 Å². The normalized spacial score (nSPS) is 12.4. The van der Waals surface area contributed by atoms with Gasteiger partial charge in [0.15, 0.2) is 0 Å². The summed E-state index contributed by atoms with van der Waals surface area (Å²) in [6, 6.07) is 12.8. The van der Waals surface area contributed by atoms with Gasteiger partial charge in [0.25, 0.3) is 0 Å². The molecule has 0 spiro atoms. The number of rotatable bonds is 0. The molecule has 0 N–H and O–H groups in total. The smallest absolute Gasteiger partial charge is 0.0409 e. The van der Waals surface area contributed by atoms with Crippen LogP contribution in [0.15, 0.2) is 36.4 Å². The lowest BCUT2D eigenvalue weighted by Gasteiger charge is -2.01. The van der Waals surface area contributed by atoms with Crippen molar-refractivity contribution in [3.05, 3.63) is 58.1 Å². The highest BCUT2D eigenvalue weighted by Crippen LogP contribution is 2.37. The van der Waals surface area contributed by atoms with Crippen LogP contribution in [0.25, 0.3) is 11.1 Å². The molecule has 1 aliphatic rings. The van der Waals surface area contributed by atoms with Gasteiger partial charge in [-0.05, 0) is 47.7 Å². The first-order valence-electron chi connectivity index (χ1n) is 5.12. The van der Waals surface area contributed by atoms with Crippen LogP contribution in [0, 0.1) is 6.92 Å². The maximum Gasteiger partial charge on any atom is 0.0409 e. The summed E-state index contributed by atoms with van der Waals surface area (Å²) < 4.78 is 0. The van der Waals surface area contributed by atoms with Crippen LogP contribution in [0.3, 0.4) is 0 Å². The van der Waals surface area contributed by atoms with Crippen molar-refractivity contribution in [3.63, 3.8) is 0 Å². The average Bonchev–Trinajstić information content (AvgIpc) is 2.53. The molecule has 0 bridgehead atoms. The zero-order valence-electron chi connectivity index (χ0n) is 8.55. The van der Waals surface area contributed by atoms with Gasteiger partial charge in [-0.15, -0.1) is 0 Å². The molecule has 1 aliphatic carbocycles. The first kappa shape index (κ1) is 8.99. The monoisotopic (exact) mass is 214 g/mol. The van der Waals surface area contributed by atoms with E-state index in [1.807, 2.05) is 6.07 Å². The first-order valence-corrected chi connectivity index (χ1v) is 5.50. The van der Waals surface area contributed by atoms with E-state index in [1.165, 1.54) is 27.8 Å². The number of benzene rings is 2. The molecule has 0 aliphatic heterocycles. The molecule has 15 heavy (non-hydrogen) atoms. The van der Waals surface area contributed by atoms with E-state index in [0.717, 1.165) is 11.4 Å². The van der Waals surface area contributed by atoms with Crippen molar-refractivity contribution in [2.45, 2.75) is 13.3 Å². The van der Waals surface area contributed by atoms with Crippen molar-refractivity contribution < 1.29 is 0 Å². The van der Waals surface area contributed by atoms with Crippen molar-refractivity contribution in [1.29, 1.82) is 0 Å². The van der Waals surface area contributed by atoms with Crippen molar-refractivity contribution in [2.75, 3.05) is 0 Å². The Hall–Kier alpha value is -1.27. The van der Waals surface area contributed by atoms with Gasteiger partial charge in [0.1, 0.15) is 0 Å². The Morgan fingerprint density at radius 1 is 0.933 bits per heavy atom. The third kappa shape index (κ3) is 1.37. The van der Waals surface area contributed by atoms with E-state index in [2.05, 4.69) is 37.3 Å². The summed E-state index contributed by atoms with van der Waals surface area (Å²) in [6.07, 6.45) is 1.02. The van der Waals surface area contributed by atoms with E-state index in [-0.39, 0.29) is 0 Å². The zero-order valence-corrected chi connectivity index (χ0v) is 9.31. The quantitative estimate of drug-likeness (QED) is 0.526. The van der Waals surface area contributed by atoms with Gasteiger partial charge >= 0.3 is 0 Å². The number of hydrogen-bond donors (Lipinski definition) is 0. The summed E-state index contributed by atoms with van der Waals surface area (Å²) in [5, 5.41) is 0.832. The molecule has 0 aromatic heterocycles. The molecule has 1 heteroatoms. The van der Waals surface area contributed by atoms with E-state index >= 15 is 0 Å². The minimum atomic E-state index is 0.832. The number of fused-ring (bicyclic) bond motifs is 3. The lowest BCUT2D eigenvalue weighted by Crippen LogP contribution is -1.81. The van der Waals surface area contributed by atoms with Gasteiger partial charge in [-0.1, -0.05) is 41.4 Å². The van der Waals surface area contributed by atoms with E-state index in [9.17, 15) is 0 Å². The SMILES string of the molecule is Cc1ccc2c(c1)Cc1cc(Cl)ccc1-2. The van der Waals surface area contributed by atoms with Crippen molar-refractivity contribution >= 4 is 11.6 Å². The molecule has 2 aromatic carbocycles. The van der Waals surface area contributed by atoms with Crippen LogP contribution in [0.4, 0.5) is 0 Å². The number of hydrogen-bond acceptors (Lipinski definition) is 0. The van der Waals surface area contributed by atoms with Gasteiger partial charge in [0, 0.05) is 5.02 Å². The largest absolute Gasteiger partial charge is 0.0843 e. The van der Waals surface area contributed by atoms with Gasteiger partial charge in [0.05, 0.1) is 0 Å². The fourth-order valence-corrected chi connectivity index (χ4v) is 2.50. The second kappa shape index (κ2) is 3.11. The summed E-state index contributed by atoms with van der Waals surface area (Å²) in [7, 11) is 0. The van der Waals surface area contributed by atoms with Gasteiger partial charge < -0.3 is 0 Å². The van der Waals surface area contributed by atoms with Crippen LogP contribution < -0.4 is 0 Å². The van der Waals surface area contributed by atoms with E-state index in [1.54, 1.807) is 0 Å².